The maximum Gasteiger partial charge on any atom is 0.271 e. The fraction of sp³-hybridized carbons (Fsp3) is 0.0625. The van der Waals surface area contributed by atoms with Gasteiger partial charge in [-0.2, -0.15) is 5.10 Å². The lowest BCUT2D eigenvalue weighted by atomic mass is 10.2. The number of nitrogens with zero attached hydrogens (tertiary/aromatic N) is 5. The van der Waals surface area contributed by atoms with Crippen LogP contribution in [0.25, 0.3) is 17.2 Å². The summed E-state index contributed by atoms with van der Waals surface area (Å²) in [6.45, 7) is 0.161. The first-order valence-corrected chi connectivity index (χ1v) is 7.44. The summed E-state index contributed by atoms with van der Waals surface area (Å²) in [5, 5.41) is 9.52. The number of benzene rings is 1. The zero-order valence-corrected chi connectivity index (χ0v) is 12.8. The van der Waals surface area contributed by atoms with Crippen molar-refractivity contribution in [1.29, 1.82) is 0 Å². The highest BCUT2D eigenvalue weighted by Gasteiger charge is 2.12. The van der Waals surface area contributed by atoms with Gasteiger partial charge in [-0.15, -0.1) is 0 Å². The highest BCUT2D eigenvalue weighted by Crippen LogP contribution is 2.14. The molecule has 4 rings (SSSR count). The van der Waals surface area contributed by atoms with Crippen molar-refractivity contribution in [3.63, 3.8) is 0 Å². The molecule has 0 atom stereocenters. The van der Waals surface area contributed by atoms with Crippen molar-refractivity contribution in [2.45, 2.75) is 6.54 Å². The van der Waals surface area contributed by atoms with Gasteiger partial charge in [0.05, 0.1) is 6.54 Å². The molecule has 0 saturated carbocycles. The second kappa shape index (κ2) is 6.11. The molecule has 25 heavy (non-hydrogen) atoms. The Morgan fingerprint density at radius 3 is 2.88 bits per heavy atom. The van der Waals surface area contributed by atoms with Crippen LogP contribution in [-0.2, 0) is 6.54 Å². The molecule has 1 aromatic carbocycles. The molecular weight excluding hydrogens is 325 g/mol. The minimum Gasteiger partial charge on any atom is -0.343 e. The second-order valence-electron chi connectivity index (χ2n) is 5.25. The molecule has 124 valence electrons. The van der Waals surface area contributed by atoms with Crippen molar-refractivity contribution in [2.75, 3.05) is 0 Å². The molecule has 2 N–H and O–H groups in total. The van der Waals surface area contributed by atoms with E-state index in [2.05, 4.69) is 30.5 Å². The molecule has 0 spiro atoms. The van der Waals surface area contributed by atoms with Crippen molar-refractivity contribution < 1.29 is 9.18 Å². The number of aromatic amines is 1. The summed E-state index contributed by atoms with van der Waals surface area (Å²) in [7, 11) is 0. The predicted octanol–water partition coefficient (Wildman–Crippen LogP) is 1.58. The van der Waals surface area contributed by atoms with Crippen LogP contribution in [0.1, 0.15) is 16.3 Å². The number of halogens is 1. The summed E-state index contributed by atoms with van der Waals surface area (Å²) in [6, 6.07) is 7.60. The summed E-state index contributed by atoms with van der Waals surface area (Å²) < 4.78 is 14.6. The van der Waals surface area contributed by atoms with Crippen LogP contribution in [0.3, 0.4) is 0 Å². The van der Waals surface area contributed by atoms with Crippen LogP contribution in [0.4, 0.5) is 4.39 Å². The third-order valence-corrected chi connectivity index (χ3v) is 3.52. The van der Waals surface area contributed by atoms with Crippen molar-refractivity contribution in [3.8, 4) is 11.4 Å². The minimum absolute atomic E-state index is 0.161. The van der Waals surface area contributed by atoms with Gasteiger partial charge in [0.1, 0.15) is 17.3 Å². The van der Waals surface area contributed by atoms with Gasteiger partial charge in [0.15, 0.2) is 5.82 Å². The molecular formula is C16H12FN7O. The molecule has 0 fully saturated rings. The maximum atomic E-state index is 12.9. The van der Waals surface area contributed by atoms with Gasteiger partial charge in [0, 0.05) is 24.2 Å². The number of hydrogen-bond donors (Lipinski definition) is 2. The summed E-state index contributed by atoms with van der Waals surface area (Å²) in [5.74, 6) is 0.695. The molecule has 4 aromatic rings. The van der Waals surface area contributed by atoms with Gasteiger partial charge >= 0.3 is 0 Å². The van der Waals surface area contributed by atoms with Gasteiger partial charge in [-0.1, -0.05) is 0 Å². The first-order valence-electron chi connectivity index (χ1n) is 7.44. The van der Waals surface area contributed by atoms with Crippen LogP contribution in [0, 0.1) is 5.82 Å². The number of amides is 1. The number of carbonyl (C=O) groups is 1. The Kier molecular flexibility index (Phi) is 3.65. The van der Waals surface area contributed by atoms with Gasteiger partial charge in [0.25, 0.3) is 5.91 Å². The Labute approximate surface area is 140 Å². The Hall–Kier alpha value is -3.62. The highest BCUT2D eigenvalue weighted by molar-refractivity contribution is 5.92. The van der Waals surface area contributed by atoms with E-state index < -0.39 is 0 Å². The lowest BCUT2D eigenvalue weighted by Gasteiger charge is -1.99. The zero-order chi connectivity index (χ0) is 17.2. The molecule has 1 amide bonds. The predicted molar refractivity (Wildman–Crippen MR) is 85.9 cm³/mol. The molecule has 9 heteroatoms. The smallest absolute Gasteiger partial charge is 0.271 e. The average Bonchev–Trinajstić information content (AvgIpc) is 3.27. The van der Waals surface area contributed by atoms with E-state index >= 15 is 0 Å². The number of aromatic nitrogens is 6. The highest BCUT2D eigenvalue weighted by atomic mass is 19.1. The Morgan fingerprint density at radius 2 is 2.08 bits per heavy atom. The van der Waals surface area contributed by atoms with Gasteiger partial charge in [-0.3, -0.25) is 14.3 Å². The Morgan fingerprint density at radius 1 is 1.24 bits per heavy atom. The van der Waals surface area contributed by atoms with Crippen LogP contribution in [0.2, 0.25) is 0 Å². The minimum atomic E-state index is -0.342. The molecule has 0 radical (unpaired) electrons. The van der Waals surface area contributed by atoms with E-state index in [1.807, 2.05) is 0 Å². The van der Waals surface area contributed by atoms with Crippen LogP contribution in [-0.4, -0.2) is 35.5 Å². The van der Waals surface area contributed by atoms with E-state index in [0.717, 1.165) is 0 Å². The van der Waals surface area contributed by atoms with E-state index in [-0.39, 0.29) is 24.0 Å². The van der Waals surface area contributed by atoms with Crippen LogP contribution < -0.4 is 5.32 Å². The Balaban J connectivity index is 1.44. The number of rotatable bonds is 4. The topological polar surface area (TPSA) is 101 Å². The van der Waals surface area contributed by atoms with Crippen LogP contribution in [0.5, 0.6) is 0 Å². The van der Waals surface area contributed by atoms with Gasteiger partial charge in [-0.25, -0.2) is 19.3 Å². The van der Waals surface area contributed by atoms with Crippen molar-refractivity contribution >= 4 is 11.7 Å². The molecule has 8 nitrogen and oxygen atoms in total. The molecule has 3 heterocycles. The standard InChI is InChI=1S/C16H12FN7O/c17-11-4-2-10(3-5-11)14-21-13(22-23-14)8-19-15(25)12-9-24-7-1-6-18-16(24)20-12/h1-7,9H,8H2,(H,19,25)(H,21,22,23). The molecule has 0 bridgehead atoms. The summed E-state index contributed by atoms with van der Waals surface area (Å²) in [5.41, 5.74) is 0.943. The maximum absolute atomic E-state index is 12.9. The molecule has 0 unspecified atom stereocenters. The first-order chi connectivity index (χ1) is 12.2. The van der Waals surface area contributed by atoms with Crippen molar-refractivity contribution in [1.82, 2.24) is 34.9 Å². The number of fused-ring (bicyclic) bond motifs is 1. The fourth-order valence-electron chi connectivity index (χ4n) is 2.30. The normalized spacial score (nSPS) is 10.9. The molecule has 0 saturated heterocycles. The molecule has 3 aromatic heterocycles. The average molecular weight is 337 g/mol. The monoisotopic (exact) mass is 337 g/mol. The Bertz CT molecular complexity index is 1010. The van der Waals surface area contributed by atoms with E-state index in [1.165, 1.54) is 12.1 Å². The number of H-pyrrole nitrogens is 1. The summed E-state index contributed by atoms with van der Waals surface area (Å²) in [4.78, 5) is 24.7. The second-order valence-corrected chi connectivity index (χ2v) is 5.25. The third-order valence-electron chi connectivity index (χ3n) is 3.52. The van der Waals surface area contributed by atoms with Crippen LogP contribution >= 0.6 is 0 Å². The molecule has 0 aliphatic rings. The number of hydrogen-bond acceptors (Lipinski definition) is 5. The van der Waals surface area contributed by atoms with Gasteiger partial charge in [-0.05, 0) is 30.3 Å². The third kappa shape index (κ3) is 3.07. The zero-order valence-electron chi connectivity index (χ0n) is 12.8. The molecule has 0 aliphatic heterocycles. The number of nitrogens with one attached hydrogen (secondary N) is 2. The largest absolute Gasteiger partial charge is 0.343 e. The lowest BCUT2D eigenvalue weighted by molar-refractivity contribution is 0.0945. The number of imidazole rings is 1. The van der Waals surface area contributed by atoms with Crippen LogP contribution in [0.15, 0.2) is 48.9 Å². The number of carbonyl (C=O) groups excluding carboxylic acids is 1. The fourth-order valence-corrected chi connectivity index (χ4v) is 2.30. The van der Waals surface area contributed by atoms with Gasteiger partial charge in [0.2, 0.25) is 5.78 Å². The quantitative estimate of drug-likeness (QED) is 0.589. The van der Waals surface area contributed by atoms with E-state index in [0.29, 0.717) is 23.0 Å². The van der Waals surface area contributed by atoms with Crippen molar-refractivity contribution in [3.05, 3.63) is 66.3 Å². The first kappa shape index (κ1) is 14.9. The molecule has 0 aliphatic carbocycles. The van der Waals surface area contributed by atoms with E-state index in [9.17, 15) is 9.18 Å². The van der Waals surface area contributed by atoms with Gasteiger partial charge < -0.3 is 5.32 Å². The van der Waals surface area contributed by atoms with E-state index in [1.54, 1.807) is 41.2 Å². The summed E-state index contributed by atoms with van der Waals surface area (Å²) in [6.07, 6.45) is 4.97. The summed E-state index contributed by atoms with van der Waals surface area (Å²) >= 11 is 0. The van der Waals surface area contributed by atoms with E-state index in [4.69, 9.17) is 0 Å². The SMILES string of the molecule is O=C(NCc1nc(-c2ccc(F)cc2)n[nH]1)c1cn2cccnc2n1. The lowest BCUT2D eigenvalue weighted by Crippen LogP contribution is -2.23. The van der Waals surface area contributed by atoms with Crippen molar-refractivity contribution in [2.24, 2.45) is 0 Å².